The Bertz CT molecular complexity index is 833. The summed E-state index contributed by atoms with van der Waals surface area (Å²) in [5.41, 5.74) is 1.07. The fourth-order valence-corrected chi connectivity index (χ4v) is 2.74. The number of Topliss-reactive ketones (excluding diaryl/α,β-unsaturated/α-hetero) is 1. The van der Waals surface area contributed by atoms with Crippen molar-refractivity contribution in [1.29, 1.82) is 0 Å². The van der Waals surface area contributed by atoms with Crippen LogP contribution in [0.15, 0.2) is 36.4 Å². The molecule has 1 aliphatic rings. The fourth-order valence-electron chi connectivity index (χ4n) is 2.48. The highest BCUT2D eigenvalue weighted by atomic mass is 35.5. The minimum Gasteiger partial charge on any atom is -0.495 e. The van der Waals surface area contributed by atoms with Gasteiger partial charge >= 0.3 is 5.97 Å². The molecular weight excluding hydrogens is 360 g/mol. The number of carbonyl (C=O) groups excluding carboxylic acids is 2. The first-order chi connectivity index (χ1) is 12.6. The number of esters is 1. The van der Waals surface area contributed by atoms with Gasteiger partial charge < -0.3 is 18.9 Å². The molecule has 7 heteroatoms. The molecule has 26 heavy (non-hydrogen) atoms. The van der Waals surface area contributed by atoms with Crippen LogP contribution in [0.25, 0.3) is 0 Å². The van der Waals surface area contributed by atoms with E-state index in [-0.39, 0.29) is 18.8 Å². The summed E-state index contributed by atoms with van der Waals surface area (Å²) in [5.74, 6) is 0.879. The van der Waals surface area contributed by atoms with E-state index in [0.29, 0.717) is 41.0 Å². The SMILES string of the molecule is COc1ccc(C(=O)COC(=O)Cc2ccc3c(c2)OCCO3)cc1Cl. The number of rotatable bonds is 6. The summed E-state index contributed by atoms with van der Waals surface area (Å²) >= 11 is 5.99. The summed E-state index contributed by atoms with van der Waals surface area (Å²) in [6, 6.07) is 9.90. The molecule has 6 nitrogen and oxygen atoms in total. The van der Waals surface area contributed by atoms with Crippen molar-refractivity contribution in [2.45, 2.75) is 6.42 Å². The molecule has 0 saturated heterocycles. The van der Waals surface area contributed by atoms with Gasteiger partial charge in [-0.1, -0.05) is 17.7 Å². The number of ether oxygens (including phenoxy) is 4. The number of benzene rings is 2. The number of fused-ring (bicyclic) bond motifs is 1. The molecule has 3 rings (SSSR count). The first-order valence-corrected chi connectivity index (χ1v) is 8.35. The van der Waals surface area contributed by atoms with Crippen molar-refractivity contribution in [2.24, 2.45) is 0 Å². The average molecular weight is 377 g/mol. The molecule has 1 aliphatic heterocycles. The van der Waals surface area contributed by atoms with Gasteiger partial charge in [0.2, 0.25) is 0 Å². The van der Waals surface area contributed by atoms with Gasteiger partial charge in [-0.25, -0.2) is 0 Å². The predicted molar refractivity (Wildman–Crippen MR) is 94.4 cm³/mol. The van der Waals surface area contributed by atoms with E-state index in [0.717, 1.165) is 5.56 Å². The molecule has 0 bridgehead atoms. The third-order valence-electron chi connectivity index (χ3n) is 3.79. The zero-order valence-corrected chi connectivity index (χ0v) is 14.9. The summed E-state index contributed by atoms with van der Waals surface area (Å²) in [6.45, 7) is 0.623. The van der Waals surface area contributed by atoms with Crippen LogP contribution in [0.3, 0.4) is 0 Å². The molecule has 0 spiro atoms. The first kappa shape index (κ1) is 18.1. The normalized spacial score (nSPS) is 12.4. The summed E-state index contributed by atoms with van der Waals surface area (Å²) in [5, 5.41) is 0.320. The Kier molecular flexibility index (Phi) is 5.63. The zero-order chi connectivity index (χ0) is 18.5. The number of carbonyl (C=O) groups is 2. The second-order valence-electron chi connectivity index (χ2n) is 5.59. The molecule has 0 unspecified atom stereocenters. The zero-order valence-electron chi connectivity index (χ0n) is 14.1. The van der Waals surface area contributed by atoms with Gasteiger partial charge in [0.1, 0.15) is 19.0 Å². The van der Waals surface area contributed by atoms with E-state index in [1.165, 1.54) is 13.2 Å². The predicted octanol–water partition coefficient (Wildman–Crippen LogP) is 3.09. The highest BCUT2D eigenvalue weighted by molar-refractivity contribution is 6.32. The topological polar surface area (TPSA) is 71.1 Å². The Labute approximate surface area is 155 Å². The van der Waals surface area contributed by atoms with Crippen molar-refractivity contribution >= 4 is 23.4 Å². The van der Waals surface area contributed by atoms with Crippen LogP contribution in [0.4, 0.5) is 0 Å². The minimum absolute atomic E-state index is 0.0350. The third kappa shape index (κ3) is 4.26. The average Bonchev–Trinajstić information content (AvgIpc) is 2.66. The van der Waals surface area contributed by atoms with Crippen LogP contribution in [0.5, 0.6) is 17.2 Å². The maximum absolute atomic E-state index is 12.1. The van der Waals surface area contributed by atoms with E-state index >= 15 is 0 Å². The van der Waals surface area contributed by atoms with Crippen molar-refractivity contribution < 1.29 is 28.5 Å². The Hall–Kier alpha value is -2.73. The van der Waals surface area contributed by atoms with Crippen LogP contribution in [0, 0.1) is 0 Å². The maximum Gasteiger partial charge on any atom is 0.310 e. The molecule has 2 aromatic carbocycles. The summed E-state index contributed by atoms with van der Waals surface area (Å²) in [6.07, 6.45) is 0.0350. The van der Waals surface area contributed by atoms with Gasteiger partial charge in [-0.3, -0.25) is 9.59 Å². The van der Waals surface area contributed by atoms with Crippen LogP contribution >= 0.6 is 11.6 Å². The van der Waals surface area contributed by atoms with Crippen molar-refractivity contribution in [3.8, 4) is 17.2 Å². The molecule has 0 fully saturated rings. The van der Waals surface area contributed by atoms with Gasteiger partial charge in [-0.05, 0) is 35.9 Å². The van der Waals surface area contributed by atoms with Gasteiger partial charge in [0.25, 0.3) is 0 Å². The molecular formula is C19H17ClO6. The summed E-state index contributed by atoms with van der Waals surface area (Å²) < 4.78 is 21.0. The number of halogens is 1. The first-order valence-electron chi connectivity index (χ1n) is 7.97. The molecule has 0 amide bonds. The monoisotopic (exact) mass is 376 g/mol. The largest absolute Gasteiger partial charge is 0.495 e. The van der Waals surface area contributed by atoms with E-state index in [9.17, 15) is 9.59 Å². The van der Waals surface area contributed by atoms with Crippen LogP contribution in [0.1, 0.15) is 15.9 Å². The maximum atomic E-state index is 12.1. The lowest BCUT2D eigenvalue weighted by molar-refractivity contribution is -0.141. The highest BCUT2D eigenvalue weighted by Gasteiger charge is 2.15. The highest BCUT2D eigenvalue weighted by Crippen LogP contribution is 2.31. The van der Waals surface area contributed by atoms with Gasteiger partial charge in [-0.2, -0.15) is 0 Å². The Morgan fingerprint density at radius 1 is 1.08 bits per heavy atom. The molecule has 0 aliphatic carbocycles. The minimum atomic E-state index is -0.505. The van der Waals surface area contributed by atoms with E-state index in [1.54, 1.807) is 30.3 Å². The van der Waals surface area contributed by atoms with Crippen molar-refractivity contribution in [3.63, 3.8) is 0 Å². The number of hydrogen-bond donors (Lipinski definition) is 0. The van der Waals surface area contributed by atoms with E-state index in [4.69, 9.17) is 30.5 Å². The van der Waals surface area contributed by atoms with Crippen LogP contribution in [-0.2, 0) is 16.0 Å². The number of ketones is 1. The molecule has 0 N–H and O–H groups in total. The lowest BCUT2D eigenvalue weighted by atomic mass is 10.1. The second-order valence-corrected chi connectivity index (χ2v) is 6.00. The molecule has 0 atom stereocenters. The second kappa shape index (κ2) is 8.10. The lowest BCUT2D eigenvalue weighted by Gasteiger charge is -2.18. The molecule has 2 aromatic rings. The molecule has 0 aromatic heterocycles. The molecule has 0 saturated carbocycles. The van der Waals surface area contributed by atoms with E-state index in [2.05, 4.69) is 0 Å². The fraction of sp³-hybridized carbons (Fsp3) is 0.263. The Morgan fingerprint density at radius 3 is 2.58 bits per heavy atom. The van der Waals surface area contributed by atoms with Crippen molar-refractivity contribution in [2.75, 3.05) is 26.9 Å². The van der Waals surface area contributed by atoms with Crippen LogP contribution in [0.2, 0.25) is 5.02 Å². The van der Waals surface area contributed by atoms with Gasteiger partial charge in [-0.15, -0.1) is 0 Å². The summed E-state index contributed by atoms with van der Waals surface area (Å²) in [7, 11) is 1.49. The molecule has 0 radical (unpaired) electrons. The van der Waals surface area contributed by atoms with Crippen molar-refractivity contribution in [3.05, 3.63) is 52.5 Å². The van der Waals surface area contributed by atoms with Gasteiger partial charge in [0.15, 0.2) is 23.9 Å². The Morgan fingerprint density at radius 2 is 1.85 bits per heavy atom. The Balaban J connectivity index is 1.55. The smallest absolute Gasteiger partial charge is 0.310 e. The molecule has 136 valence electrons. The van der Waals surface area contributed by atoms with Gasteiger partial charge in [0, 0.05) is 5.56 Å². The van der Waals surface area contributed by atoms with Gasteiger partial charge in [0.05, 0.1) is 18.6 Å². The van der Waals surface area contributed by atoms with Crippen molar-refractivity contribution in [1.82, 2.24) is 0 Å². The van der Waals surface area contributed by atoms with Crippen LogP contribution < -0.4 is 14.2 Å². The third-order valence-corrected chi connectivity index (χ3v) is 4.09. The number of hydrogen-bond acceptors (Lipinski definition) is 6. The van der Waals surface area contributed by atoms with Crippen LogP contribution in [-0.4, -0.2) is 38.7 Å². The van der Waals surface area contributed by atoms with E-state index < -0.39 is 5.97 Å². The standard InChI is InChI=1S/C19H17ClO6/c1-23-16-5-3-13(10-14(16)20)15(21)11-26-19(22)9-12-2-4-17-18(8-12)25-7-6-24-17/h2-5,8,10H,6-7,9,11H2,1H3. The van der Waals surface area contributed by atoms with E-state index in [1.807, 2.05) is 0 Å². The number of methoxy groups -OCH3 is 1. The molecule has 1 heterocycles. The lowest BCUT2D eigenvalue weighted by Crippen LogP contribution is -2.17. The quantitative estimate of drug-likeness (QED) is 0.570. The summed E-state index contributed by atoms with van der Waals surface area (Å²) in [4.78, 5) is 24.1.